The smallest absolute Gasteiger partial charge is 0.274 e. The monoisotopic (exact) mass is 354 g/mol. The Hall–Kier alpha value is -1.20. The maximum absolute atomic E-state index is 11.9. The molecule has 1 aromatic heterocycles. The molecule has 0 atom stereocenters. The van der Waals surface area contributed by atoms with E-state index in [1.807, 2.05) is 24.3 Å². The summed E-state index contributed by atoms with van der Waals surface area (Å²) in [7, 11) is 0. The lowest BCUT2D eigenvalue weighted by Gasteiger charge is -2.06. The van der Waals surface area contributed by atoms with Crippen LogP contribution in [0.25, 0.3) is 0 Å². The normalized spacial score (nSPS) is 10.0. The van der Waals surface area contributed by atoms with Crippen molar-refractivity contribution in [2.45, 2.75) is 0 Å². The minimum atomic E-state index is -0.238. The summed E-state index contributed by atoms with van der Waals surface area (Å²) in [6.45, 7) is 0. The summed E-state index contributed by atoms with van der Waals surface area (Å²) in [5.74, 6) is -0.238. The van der Waals surface area contributed by atoms with Crippen LogP contribution in [0.3, 0.4) is 0 Å². The van der Waals surface area contributed by atoms with Gasteiger partial charge in [0.2, 0.25) is 0 Å². The van der Waals surface area contributed by atoms with Crippen LogP contribution < -0.4 is 5.32 Å². The van der Waals surface area contributed by atoms with E-state index in [0.717, 1.165) is 10.2 Å². The molecule has 2 rings (SSSR count). The predicted molar refractivity (Wildman–Crippen MR) is 74.0 cm³/mol. The summed E-state index contributed by atoms with van der Waals surface area (Å²) in [4.78, 5) is 16.0. The highest BCUT2D eigenvalue weighted by Crippen LogP contribution is 2.21. The summed E-state index contributed by atoms with van der Waals surface area (Å²) >= 11 is 6.60. The van der Waals surface area contributed by atoms with E-state index in [4.69, 9.17) is 0 Å². The quantitative estimate of drug-likeness (QED) is 0.831. The summed E-state index contributed by atoms with van der Waals surface area (Å²) in [6, 6.07) is 12.6. The lowest BCUT2D eigenvalue weighted by molar-refractivity contribution is 0.102. The van der Waals surface area contributed by atoms with Gasteiger partial charge in [-0.15, -0.1) is 0 Å². The lowest BCUT2D eigenvalue weighted by atomic mass is 10.3. The van der Waals surface area contributed by atoms with Crippen molar-refractivity contribution in [3.8, 4) is 0 Å². The maximum Gasteiger partial charge on any atom is 0.274 e. The first-order valence-electron chi connectivity index (χ1n) is 4.85. The molecule has 0 aliphatic carbocycles. The zero-order valence-corrected chi connectivity index (χ0v) is 11.8. The van der Waals surface area contributed by atoms with Crippen LogP contribution in [0.15, 0.2) is 51.5 Å². The van der Waals surface area contributed by atoms with Gasteiger partial charge in [0.15, 0.2) is 0 Å². The Morgan fingerprint density at radius 2 is 1.82 bits per heavy atom. The van der Waals surface area contributed by atoms with Gasteiger partial charge in [-0.25, -0.2) is 4.98 Å². The van der Waals surface area contributed by atoms with Crippen molar-refractivity contribution < 1.29 is 4.79 Å². The van der Waals surface area contributed by atoms with Crippen LogP contribution in [-0.4, -0.2) is 10.9 Å². The number of pyridine rings is 1. The average Bonchev–Trinajstić information content (AvgIpc) is 2.32. The number of anilines is 1. The molecule has 0 saturated heterocycles. The summed E-state index contributed by atoms with van der Waals surface area (Å²) in [5.41, 5.74) is 1.09. The largest absolute Gasteiger partial charge is 0.320 e. The fourth-order valence-corrected chi connectivity index (χ4v) is 2.01. The van der Waals surface area contributed by atoms with Crippen molar-refractivity contribution in [2.24, 2.45) is 0 Å². The lowest BCUT2D eigenvalue weighted by Crippen LogP contribution is -2.13. The summed E-state index contributed by atoms with van der Waals surface area (Å²) in [6.07, 6.45) is 0. The van der Waals surface area contributed by atoms with Gasteiger partial charge in [-0.1, -0.05) is 18.2 Å². The first-order chi connectivity index (χ1) is 8.16. The first-order valence-corrected chi connectivity index (χ1v) is 6.44. The second-order valence-corrected chi connectivity index (χ2v) is 4.95. The van der Waals surface area contributed by atoms with Gasteiger partial charge < -0.3 is 5.32 Å². The van der Waals surface area contributed by atoms with Crippen LogP contribution in [0.5, 0.6) is 0 Å². The van der Waals surface area contributed by atoms with Crippen LogP contribution in [-0.2, 0) is 0 Å². The fourth-order valence-electron chi connectivity index (χ4n) is 1.28. The van der Waals surface area contributed by atoms with Gasteiger partial charge in [-0.2, -0.15) is 0 Å². The van der Waals surface area contributed by atoms with Gasteiger partial charge in [0, 0.05) is 4.47 Å². The third-order valence-electron chi connectivity index (χ3n) is 2.07. The van der Waals surface area contributed by atoms with Crippen LogP contribution in [0.1, 0.15) is 10.5 Å². The molecule has 1 N–H and O–H groups in total. The number of para-hydroxylation sites is 1. The van der Waals surface area contributed by atoms with Crippen molar-refractivity contribution in [1.29, 1.82) is 0 Å². The number of hydrogen-bond acceptors (Lipinski definition) is 2. The first kappa shape index (κ1) is 12.3. The van der Waals surface area contributed by atoms with Crippen molar-refractivity contribution in [3.05, 3.63) is 57.2 Å². The van der Waals surface area contributed by atoms with Crippen LogP contribution in [0.2, 0.25) is 0 Å². The van der Waals surface area contributed by atoms with Crippen LogP contribution >= 0.6 is 31.9 Å². The summed E-state index contributed by atoms with van der Waals surface area (Å²) < 4.78 is 1.47. The van der Waals surface area contributed by atoms with E-state index in [9.17, 15) is 4.79 Å². The highest BCUT2D eigenvalue weighted by atomic mass is 79.9. The minimum Gasteiger partial charge on any atom is -0.320 e. The molecule has 86 valence electrons. The molecule has 0 spiro atoms. The molecule has 5 heteroatoms. The van der Waals surface area contributed by atoms with Gasteiger partial charge in [0.1, 0.15) is 10.3 Å². The third kappa shape index (κ3) is 3.14. The van der Waals surface area contributed by atoms with E-state index in [1.54, 1.807) is 18.2 Å². The topological polar surface area (TPSA) is 42.0 Å². The molecular weight excluding hydrogens is 348 g/mol. The van der Waals surface area contributed by atoms with E-state index in [1.165, 1.54) is 0 Å². The molecule has 2 aromatic rings. The number of aromatic nitrogens is 1. The highest BCUT2D eigenvalue weighted by Gasteiger charge is 2.09. The zero-order chi connectivity index (χ0) is 12.3. The van der Waals surface area contributed by atoms with Gasteiger partial charge in [-0.3, -0.25) is 4.79 Å². The summed E-state index contributed by atoms with van der Waals surface area (Å²) in [5, 5.41) is 2.78. The second-order valence-electron chi connectivity index (χ2n) is 3.28. The Kier molecular flexibility index (Phi) is 3.91. The van der Waals surface area contributed by atoms with Crippen molar-refractivity contribution in [3.63, 3.8) is 0 Å². The van der Waals surface area contributed by atoms with E-state index in [-0.39, 0.29) is 5.91 Å². The second kappa shape index (κ2) is 5.42. The molecule has 0 unspecified atom stereocenters. The molecule has 0 bridgehead atoms. The Morgan fingerprint density at radius 3 is 2.53 bits per heavy atom. The van der Waals surface area contributed by atoms with E-state index in [0.29, 0.717) is 10.3 Å². The molecular formula is C12H8Br2N2O. The number of rotatable bonds is 2. The number of nitrogens with one attached hydrogen (secondary N) is 1. The highest BCUT2D eigenvalue weighted by molar-refractivity contribution is 9.10. The molecule has 1 heterocycles. The SMILES string of the molecule is O=C(Nc1ccccc1Br)c1cccc(Br)n1. The van der Waals surface area contributed by atoms with Gasteiger partial charge in [0.25, 0.3) is 5.91 Å². The standard InChI is InChI=1S/C12H8Br2N2O/c13-8-4-1-2-5-9(8)16-12(17)10-6-3-7-11(14)15-10/h1-7H,(H,16,17). The van der Waals surface area contributed by atoms with Crippen molar-refractivity contribution >= 4 is 43.5 Å². The Bertz CT molecular complexity index is 558. The van der Waals surface area contributed by atoms with Gasteiger partial charge in [0.05, 0.1) is 5.69 Å². The van der Waals surface area contributed by atoms with Crippen LogP contribution in [0.4, 0.5) is 5.69 Å². The van der Waals surface area contributed by atoms with Crippen molar-refractivity contribution in [2.75, 3.05) is 5.32 Å². The van der Waals surface area contributed by atoms with Gasteiger partial charge in [-0.05, 0) is 56.1 Å². The fraction of sp³-hybridized carbons (Fsp3) is 0. The molecule has 1 aromatic carbocycles. The molecule has 0 fully saturated rings. The molecule has 17 heavy (non-hydrogen) atoms. The number of hydrogen-bond donors (Lipinski definition) is 1. The Balaban J connectivity index is 2.20. The maximum atomic E-state index is 11.9. The average molecular weight is 356 g/mol. The number of amides is 1. The van der Waals surface area contributed by atoms with Crippen LogP contribution in [0, 0.1) is 0 Å². The van der Waals surface area contributed by atoms with Crippen molar-refractivity contribution in [1.82, 2.24) is 4.98 Å². The van der Waals surface area contributed by atoms with Gasteiger partial charge >= 0.3 is 0 Å². The predicted octanol–water partition coefficient (Wildman–Crippen LogP) is 3.86. The molecule has 3 nitrogen and oxygen atoms in total. The number of benzene rings is 1. The molecule has 0 aliphatic rings. The molecule has 0 aliphatic heterocycles. The van der Waals surface area contributed by atoms with E-state index < -0.39 is 0 Å². The third-order valence-corrected chi connectivity index (χ3v) is 3.20. The number of nitrogens with zero attached hydrogens (tertiary/aromatic N) is 1. The Labute approximate surface area is 116 Å². The van der Waals surface area contributed by atoms with E-state index >= 15 is 0 Å². The number of carbonyl (C=O) groups excluding carboxylic acids is 1. The number of carbonyl (C=O) groups is 1. The zero-order valence-electron chi connectivity index (χ0n) is 8.65. The molecule has 1 amide bonds. The van der Waals surface area contributed by atoms with E-state index in [2.05, 4.69) is 42.2 Å². The molecule has 0 saturated carbocycles. The Morgan fingerprint density at radius 1 is 1.06 bits per heavy atom. The number of halogens is 2. The molecule has 0 radical (unpaired) electrons. The minimum absolute atomic E-state index is 0.238.